The number of aliphatic hydroxyl groups excluding tert-OH is 2. The highest BCUT2D eigenvalue weighted by molar-refractivity contribution is 5.87. The van der Waals surface area contributed by atoms with Crippen molar-refractivity contribution in [1.82, 2.24) is 0 Å². The molecule has 1 saturated carbocycles. The standard InChI is InChI=1S/C17H20O7/c1-10-2-4-11(5-3-10)6-7-14(20)24-15-12(18)8-17(23,16(21)22)9-13(15)19/h2-7,12-13,15,18-19,23H,8-9H2,1H3,(H,21,22)/b7-6+. The average molecular weight is 336 g/mol. The number of aliphatic carboxylic acids is 1. The summed E-state index contributed by atoms with van der Waals surface area (Å²) in [5.74, 6) is -2.32. The molecule has 2 atom stereocenters. The van der Waals surface area contributed by atoms with E-state index in [2.05, 4.69) is 0 Å². The Balaban J connectivity index is 1.98. The Hall–Kier alpha value is -2.22. The zero-order valence-corrected chi connectivity index (χ0v) is 13.1. The number of carboxylic acid groups (broad SMARTS) is 1. The van der Waals surface area contributed by atoms with Gasteiger partial charge in [-0.15, -0.1) is 0 Å². The van der Waals surface area contributed by atoms with Crippen molar-refractivity contribution < 1.29 is 34.8 Å². The molecule has 1 aliphatic rings. The first-order valence-corrected chi connectivity index (χ1v) is 7.48. The van der Waals surface area contributed by atoms with Crippen molar-refractivity contribution in [1.29, 1.82) is 0 Å². The van der Waals surface area contributed by atoms with E-state index in [9.17, 15) is 24.9 Å². The molecular weight excluding hydrogens is 316 g/mol. The molecule has 2 rings (SSSR count). The van der Waals surface area contributed by atoms with E-state index in [0.717, 1.165) is 17.2 Å². The molecule has 1 aromatic rings. The number of carboxylic acids is 1. The third kappa shape index (κ3) is 4.19. The number of benzene rings is 1. The van der Waals surface area contributed by atoms with Crippen molar-refractivity contribution in [3.05, 3.63) is 41.5 Å². The third-order valence-corrected chi connectivity index (χ3v) is 3.99. The molecule has 7 heteroatoms. The van der Waals surface area contributed by atoms with Gasteiger partial charge in [-0.05, 0) is 18.6 Å². The molecule has 130 valence electrons. The lowest BCUT2D eigenvalue weighted by Gasteiger charge is -2.39. The van der Waals surface area contributed by atoms with Crippen molar-refractivity contribution in [2.45, 2.75) is 43.7 Å². The maximum Gasteiger partial charge on any atom is 0.335 e. The first-order chi connectivity index (χ1) is 11.2. The zero-order chi connectivity index (χ0) is 17.9. The topological polar surface area (TPSA) is 124 Å². The molecule has 0 radical (unpaired) electrons. The first-order valence-electron chi connectivity index (χ1n) is 7.48. The minimum absolute atomic E-state index is 0.529. The Morgan fingerprint density at radius 1 is 1.17 bits per heavy atom. The second-order valence-electron chi connectivity index (χ2n) is 6.03. The Bertz CT molecular complexity index is 623. The van der Waals surface area contributed by atoms with E-state index in [4.69, 9.17) is 9.84 Å². The van der Waals surface area contributed by atoms with Crippen LogP contribution in [0.2, 0.25) is 0 Å². The lowest BCUT2D eigenvalue weighted by Crippen LogP contribution is -2.57. The quantitative estimate of drug-likeness (QED) is 0.459. The third-order valence-electron chi connectivity index (χ3n) is 3.99. The molecule has 4 N–H and O–H groups in total. The van der Waals surface area contributed by atoms with E-state index in [0.29, 0.717) is 0 Å². The van der Waals surface area contributed by atoms with Crippen molar-refractivity contribution in [3.63, 3.8) is 0 Å². The van der Waals surface area contributed by atoms with Gasteiger partial charge in [0.15, 0.2) is 11.7 Å². The van der Waals surface area contributed by atoms with Gasteiger partial charge in [-0.25, -0.2) is 9.59 Å². The van der Waals surface area contributed by atoms with Gasteiger partial charge in [-0.3, -0.25) is 0 Å². The highest BCUT2D eigenvalue weighted by Gasteiger charge is 2.50. The number of hydrogen-bond acceptors (Lipinski definition) is 6. The van der Waals surface area contributed by atoms with Crippen LogP contribution in [-0.2, 0) is 14.3 Å². The summed E-state index contributed by atoms with van der Waals surface area (Å²) in [5.41, 5.74) is -0.379. The molecule has 7 nitrogen and oxygen atoms in total. The normalized spacial score (nSPS) is 30.2. The van der Waals surface area contributed by atoms with Crippen LogP contribution >= 0.6 is 0 Å². The van der Waals surface area contributed by atoms with Crippen LogP contribution in [-0.4, -0.2) is 56.3 Å². The molecule has 0 heterocycles. The number of carbonyl (C=O) groups is 2. The molecule has 0 saturated heterocycles. The smallest absolute Gasteiger partial charge is 0.335 e. The second-order valence-corrected chi connectivity index (χ2v) is 6.03. The van der Waals surface area contributed by atoms with Crippen LogP contribution in [0.4, 0.5) is 0 Å². The largest absolute Gasteiger partial charge is 0.479 e. The fourth-order valence-corrected chi connectivity index (χ4v) is 2.61. The Kier molecular flexibility index (Phi) is 5.38. The first kappa shape index (κ1) is 18.1. The SMILES string of the molecule is Cc1ccc(/C=C/C(=O)OC2C(O)CC(O)(C(=O)O)CC2O)cc1. The number of carbonyl (C=O) groups excluding carboxylic acids is 1. The number of esters is 1. The fourth-order valence-electron chi connectivity index (χ4n) is 2.61. The van der Waals surface area contributed by atoms with E-state index in [-0.39, 0.29) is 0 Å². The minimum atomic E-state index is -2.24. The molecule has 0 spiro atoms. The van der Waals surface area contributed by atoms with E-state index >= 15 is 0 Å². The summed E-state index contributed by atoms with van der Waals surface area (Å²) in [6, 6.07) is 7.39. The highest BCUT2D eigenvalue weighted by Crippen LogP contribution is 2.31. The maximum atomic E-state index is 11.8. The summed E-state index contributed by atoms with van der Waals surface area (Å²) in [6.45, 7) is 1.94. The summed E-state index contributed by atoms with van der Waals surface area (Å²) in [7, 11) is 0. The summed E-state index contributed by atoms with van der Waals surface area (Å²) in [5, 5.41) is 38.6. The number of aryl methyl sites for hydroxylation is 1. The van der Waals surface area contributed by atoms with Gasteiger partial charge in [-0.1, -0.05) is 29.8 Å². The summed E-state index contributed by atoms with van der Waals surface area (Å²) >= 11 is 0. The van der Waals surface area contributed by atoms with Gasteiger partial charge in [0.25, 0.3) is 0 Å². The highest BCUT2D eigenvalue weighted by atomic mass is 16.6. The van der Waals surface area contributed by atoms with Crippen LogP contribution in [0.25, 0.3) is 6.08 Å². The van der Waals surface area contributed by atoms with Crippen LogP contribution in [0.1, 0.15) is 24.0 Å². The Labute approximate surface area is 138 Å². The minimum Gasteiger partial charge on any atom is -0.479 e. The number of ether oxygens (including phenoxy) is 1. The predicted molar refractivity (Wildman–Crippen MR) is 83.9 cm³/mol. The molecule has 2 unspecified atom stereocenters. The Morgan fingerprint density at radius 3 is 2.21 bits per heavy atom. The molecule has 1 aromatic carbocycles. The summed E-state index contributed by atoms with van der Waals surface area (Å²) < 4.78 is 5.00. The van der Waals surface area contributed by atoms with Crippen LogP contribution in [0, 0.1) is 6.92 Å². The van der Waals surface area contributed by atoms with Gasteiger partial charge < -0.3 is 25.2 Å². The van der Waals surface area contributed by atoms with Crippen molar-refractivity contribution in [2.24, 2.45) is 0 Å². The van der Waals surface area contributed by atoms with Crippen LogP contribution < -0.4 is 0 Å². The number of aliphatic hydroxyl groups is 3. The summed E-state index contributed by atoms with van der Waals surface area (Å²) in [4.78, 5) is 22.8. The van der Waals surface area contributed by atoms with Crippen molar-refractivity contribution in [3.8, 4) is 0 Å². The molecule has 24 heavy (non-hydrogen) atoms. The zero-order valence-electron chi connectivity index (χ0n) is 13.1. The average Bonchev–Trinajstić information content (AvgIpc) is 2.50. The van der Waals surface area contributed by atoms with E-state index in [1.165, 1.54) is 6.08 Å². The lowest BCUT2D eigenvalue weighted by atomic mass is 9.79. The fraction of sp³-hybridized carbons (Fsp3) is 0.412. The van der Waals surface area contributed by atoms with E-state index in [1.54, 1.807) is 0 Å². The lowest BCUT2D eigenvalue weighted by molar-refractivity contribution is -0.196. The second kappa shape index (κ2) is 7.12. The van der Waals surface area contributed by atoms with Gasteiger partial charge in [-0.2, -0.15) is 0 Å². The monoisotopic (exact) mass is 336 g/mol. The maximum absolute atomic E-state index is 11.8. The van der Waals surface area contributed by atoms with Gasteiger partial charge in [0.05, 0.1) is 12.2 Å². The van der Waals surface area contributed by atoms with Crippen LogP contribution in [0.5, 0.6) is 0 Å². The Morgan fingerprint density at radius 2 is 1.71 bits per heavy atom. The van der Waals surface area contributed by atoms with Gasteiger partial charge in [0.2, 0.25) is 0 Å². The van der Waals surface area contributed by atoms with Gasteiger partial charge in [0.1, 0.15) is 0 Å². The van der Waals surface area contributed by atoms with E-state index < -0.39 is 48.7 Å². The summed E-state index contributed by atoms with van der Waals surface area (Å²) in [6.07, 6.45) is -2.63. The van der Waals surface area contributed by atoms with Gasteiger partial charge >= 0.3 is 11.9 Å². The number of rotatable bonds is 4. The molecule has 0 aliphatic heterocycles. The molecule has 0 bridgehead atoms. The molecule has 1 aliphatic carbocycles. The van der Waals surface area contributed by atoms with Crippen molar-refractivity contribution in [2.75, 3.05) is 0 Å². The van der Waals surface area contributed by atoms with Crippen LogP contribution in [0.3, 0.4) is 0 Å². The van der Waals surface area contributed by atoms with Crippen LogP contribution in [0.15, 0.2) is 30.3 Å². The molecular formula is C17H20O7. The molecule has 0 aromatic heterocycles. The van der Waals surface area contributed by atoms with E-state index in [1.807, 2.05) is 31.2 Å². The molecule has 0 amide bonds. The number of hydrogen-bond donors (Lipinski definition) is 4. The van der Waals surface area contributed by atoms with Crippen molar-refractivity contribution >= 4 is 18.0 Å². The molecule has 1 fully saturated rings. The van der Waals surface area contributed by atoms with Gasteiger partial charge in [0, 0.05) is 18.9 Å². The predicted octanol–water partition coefficient (Wildman–Crippen LogP) is 0.251.